The van der Waals surface area contributed by atoms with Gasteiger partial charge in [-0.25, -0.2) is 9.97 Å². The summed E-state index contributed by atoms with van der Waals surface area (Å²) in [5, 5.41) is 1.26. The molecular weight excluding hydrogens is 372 g/mol. The monoisotopic (exact) mass is 398 g/mol. The Morgan fingerprint density at radius 3 is 2.67 bits per heavy atom. The van der Waals surface area contributed by atoms with E-state index in [0.29, 0.717) is 0 Å². The Balaban J connectivity index is 1.69. The number of benzene rings is 1. The van der Waals surface area contributed by atoms with Gasteiger partial charge in [0.2, 0.25) is 0 Å². The Kier molecular flexibility index (Phi) is 5.66. The Bertz CT molecular complexity index is 923. The molecule has 1 aromatic carbocycles. The van der Waals surface area contributed by atoms with Gasteiger partial charge in [0.1, 0.15) is 16.5 Å². The molecule has 6 heteroatoms. The fourth-order valence-electron chi connectivity index (χ4n) is 3.49. The molecule has 0 saturated carbocycles. The van der Waals surface area contributed by atoms with Crippen LogP contribution in [0.2, 0.25) is 0 Å². The molecule has 0 atom stereocenters. The maximum atomic E-state index is 5.06. The summed E-state index contributed by atoms with van der Waals surface area (Å²) in [5.74, 6) is 2.88. The van der Waals surface area contributed by atoms with Crippen molar-refractivity contribution < 1.29 is 0 Å². The first-order valence-electron chi connectivity index (χ1n) is 9.50. The van der Waals surface area contributed by atoms with E-state index in [9.17, 15) is 0 Å². The van der Waals surface area contributed by atoms with E-state index in [2.05, 4.69) is 61.0 Å². The molecule has 3 heterocycles. The molecular formula is C21H26N4S2. The van der Waals surface area contributed by atoms with Crippen molar-refractivity contribution in [1.82, 2.24) is 14.9 Å². The summed E-state index contributed by atoms with van der Waals surface area (Å²) in [6.07, 6.45) is 1.18. The molecule has 0 spiro atoms. The fraction of sp³-hybridized carbons (Fsp3) is 0.429. The second-order valence-corrected chi connectivity index (χ2v) is 9.42. The van der Waals surface area contributed by atoms with Crippen LogP contribution < -0.4 is 4.90 Å². The lowest BCUT2D eigenvalue weighted by atomic mass is 10.2. The molecule has 0 aliphatic carbocycles. The summed E-state index contributed by atoms with van der Waals surface area (Å²) in [6, 6.07) is 10.5. The largest absolute Gasteiger partial charge is 0.355 e. The minimum absolute atomic E-state index is 0.802. The molecule has 0 amide bonds. The van der Waals surface area contributed by atoms with Crippen molar-refractivity contribution in [2.75, 3.05) is 38.1 Å². The Hall–Kier alpha value is -1.63. The molecule has 27 heavy (non-hydrogen) atoms. The van der Waals surface area contributed by atoms with Crippen molar-refractivity contribution in [3.63, 3.8) is 0 Å². The van der Waals surface area contributed by atoms with Gasteiger partial charge in [0.25, 0.3) is 0 Å². The third-order valence-corrected chi connectivity index (χ3v) is 7.30. The van der Waals surface area contributed by atoms with E-state index >= 15 is 0 Å². The number of hydrogen-bond donors (Lipinski definition) is 0. The van der Waals surface area contributed by atoms with Crippen LogP contribution in [0, 0.1) is 13.8 Å². The van der Waals surface area contributed by atoms with E-state index in [-0.39, 0.29) is 0 Å². The average Bonchev–Trinajstić information content (AvgIpc) is 2.83. The molecule has 1 saturated heterocycles. The van der Waals surface area contributed by atoms with Gasteiger partial charge in [-0.15, -0.1) is 23.1 Å². The van der Waals surface area contributed by atoms with Crippen molar-refractivity contribution >= 4 is 39.1 Å². The summed E-state index contributed by atoms with van der Waals surface area (Å²) in [5.41, 5.74) is 1.34. The smallest absolute Gasteiger partial charge is 0.142 e. The quantitative estimate of drug-likeness (QED) is 0.593. The molecule has 3 aromatic rings. The number of anilines is 1. The summed E-state index contributed by atoms with van der Waals surface area (Å²) < 4.78 is 0. The Morgan fingerprint density at radius 2 is 1.85 bits per heavy atom. The zero-order chi connectivity index (χ0) is 18.8. The van der Waals surface area contributed by atoms with Crippen molar-refractivity contribution in [1.29, 1.82) is 0 Å². The van der Waals surface area contributed by atoms with E-state index in [1.807, 2.05) is 0 Å². The summed E-state index contributed by atoms with van der Waals surface area (Å²) >= 11 is 3.61. The maximum absolute atomic E-state index is 5.06. The first kappa shape index (κ1) is 18.7. The van der Waals surface area contributed by atoms with Gasteiger partial charge in [0.05, 0.1) is 11.1 Å². The zero-order valence-electron chi connectivity index (χ0n) is 16.2. The molecule has 0 N–H and O–H groups in total. The van der Waals surface area contributed by atoms with E-state index in [4.69, 9.17) is 9.97 Å². The van der Waals surface area contributed by atoms with E-state index in [1.54, 1.807) is 23.1 Å². The van der Waals surface area contributed by atoms with E-state index in [0.717, 1.165) is 48.4 Å². The van der Waals surface area contributed by atoms with Crippen LogP contribution in [0.4, 0.5) is 5.82 Å². The number of aromatic nitrogens is 2. The van der Waals surface area contributed by atoms with Crippen molar-refractivity contribution in [2.45, 2.75) is 30.9 Å². The average molecular weight is 399 g/mol. The van der Waals surface area contributed by atoms with Crippen LogP contribution in [0.25, 0.3) is 10.2 Å². The molecule has 0 unspecified atom stereocenters. The predicted octanol–water partition coefficient (Wildman–Crippen LogP) is 4.74. The topological polar surface area (TPSA) is 32.3 Å². The van der Waals surface area contributed by atoms with E-state index < -0.39 is 0 Å². The van der Waals surface area contributed by atoms with Gasteiger partial charge in [0.15, 0.2) is 0 Å². The minimum atomic E-state index is 0.802. The maximum Gasteiger partial charge on any atom is 0.142 e. The van der Waals surface area contributed by atoms with Crippen molar-refractivity contribution in [3.05, 3.63) is 46.6 Å². The highest BCUT2D eigenvalue weighted by molar-refractivity contribution is 7.98. The number of hydrogen-bond acceptors (Lipinski definition) is 6. The first-order chi connectivity index (χ1) is 13.1. The van der Waals surface area contributed by atoms with Crippen LogP contribution in [0.15, 0.2) is 35.2 Å². The van der Waals surface area contributed by atoms with Crippen LogP contribution in [0.5, 0.6) is 0 Å². The lowest BCUT2D eigenvalue weighted by molar-refractivity contribution is 0.360. The predicted molar refractivity (Wildman–Crippen MR) is 117 cm³/mol. The Morgan fingerprint density at radius 1 is 1.04 bits per heavy atom. The standard InChI is InChI=1S/C21H26N4S2/c1-15-16(2)27-21-19(15)20(25-11-7-10-24(3)12-13-25)22-18(23-21)14-26-17-8-5-4-6-9-17/h4-6,8-9H,7,10-14H2,1-3H3. The zero-order valence-corrected chi connectivity index (χ0v) is 17.9. The molecule has 4 nitrogen and oxygen atoms in total. The summed E-state index contributed by atoms with van der Waals surface area (Å²) in [4.78, 5) is 18.6. The van der Waals surface area contributed by atoms with Crippen LogP contribution in [0.3, 0.4) is 0 Å². The first-order valence-corrected chi connectivity index (χ1v) is 11.3. The highest BCUT2D eigenvalue weighted by Crippen LogP contribution is 2.36. The van der Waals surface area contributed by atoms with Crippen LogP contribution in [-0.2, 0) is 5.75 Å². The van der Waals surface area contributed by atoms with Gasteiger partial charge in [0, 0.05) is 29.4 Å². The molecule has 2 aromatic heterocycles. The molecule has 4 rings (SSSR count). The third kappa shape index (κ3) is 4.13. The van der Waals surface area contributed by atoms with Crippen LogP contribution in [0.1, 0.15) is 22.7 Å². The van der Waals surface area contributed by atoms with Gasteiger partial charge in [-0.05, 0) is 51.6 Å². The van der Waals surface area contributed by atoms with Gasteiger partial charge in [-0.3, -0.25) is 0 Å². The van der Waals surface area contributed by atoms with Gasteiger partial charge >= 0.3 is 0 Å². The third-order valence-electron chi connectivity index (χ3n) is 5.19. The number of aryl methyl sites for hydroxylation is 2. The molecule has 0 bridgehead atoms. The normalized spacial score (nSPS) is 16.0. The number of thioether (sulfide) groups is 1. The SMILES string of the molecule is Cc1sc2nc(CSc3ccccc3)nc(N3CCCN(C)CC3)c2c1C. The fourth-order valence-corrected chi connectivity index (χ4v) is 5.30. The van der Waals surface area contributed by atoms with Crippen LogP contribution >= 0.6 is 23.1 Å². The highest BCUT2D eigenvalue weighted by atomic mass is 32.2. The highest BCUT2D eigenvalue weighted by Gasteiger charge is 2.21. The lowest BCUT2D eigenvalue weighted by Crippen LogP contribution is -2.29. The molecule has 0 radical (unpaired) electrons. The van der Waals surface area contributed by atoms with Gasteiger partial charge in [-0.2, -0.15) is 0 Å². The second kappa shape index (κ2) is 8.17. The minimum Gasteiger partial charge on any atom is -0.355 e. The van der Waals surface area contributed by atoms with E-state index in [1.165, 1.54) is 27.1 Å². The van der Waals surface area contributed by atoms with Gasteiger partial charge < -0.3 is 9.80 Å². The number of likely N-dealkylation sites (N-methyl/N-ethyl adjacent to an activating group) is 1. The molecule has 1 aliphatic heterocycles. The summed E-state index contributed by atoms with van der Waals surface area (Å²) in [6.45, 7) is 8.74. The van der Waals surface area contributed by atoms with Crippen LogP contribution in [-0.4, -0.2) is 48.1 Å². The second-order valence-electron chi connectivity index (χ2n) is 7.17. The number of fused-ring (bicyclic) bond motifs is 1. The summed E-state index contributed by atoms with van der Waals surface area (Å²) in [7, 11) is 2.21. The van der Waals surface area contributed by atoms with Gasteiger partial charge in [-0.1, -0.05) is 18.2 Å². The van der Waals surface area contributed by atoms with Crippen molar-refractivity contribution in [2.24, 2.45) is 0 Å². The molecule has 1 aliphatic rings. The lowest BCUT2D eigenvalue weighted by Gasteiger charge is -2.23. The molecule has 142 valence electrons. The number of thiophene rings is 1. The number of rotatable bonds is 4. The van der Waals surface area contributed by atoms with Crippen molar-refractivity contribution in [3.8, 4) is 0 Å². The Labute approximate surface area is 169 Å². The molecule has 1 fully saturated rings. The number of nitrogens with zero attached hydrogens (tertiary/aromatic N) is 4.